The van der Waals surface area contributed by atoms with Gasteiger partial charge in [-0.05, 0) is 32.4 Å². The van der Waals surface area contributed by atoms with Gasteiger partial charge in [0, 0.05) is 19.4 Å². The first-order valence-corrected chi connectivity index (χ1v) is 8.98. The highest BCUT2D eigenvalue weighted by molar-refractivity contribution is 7.99. The zero-order chi connectivity index (χ0) is 18.0. The molecule has 0 aliphatic rings. The highest BCUT2D eigenvalue weighted by atomic mass is 32.2. The van der Waals surface area contributed by atoms with Gasteiger partial charge in [0.25, 0.3) is 0 Å². The lowest BCUT2D eigenvalue weighted by molar-refractivity contribution is -0.113. The van der Waals surface area contributed by atoms with Gasteiger partial charge in [-0.25, -0.2) is 4.98 Å². The summed E-state index contributed by atoms with van der Waals surface area (Å²) in [5.41, 5.74) is 4.78. The molecular weight excluding hydrogens is 334 g/mol. The first kappa shape index (κ1) is 17.3. The second kappa shape index (κ2) is 7.14. The number of carbonyl (C=O) groups is 1. The molecule has 1 N–H and O–H groups in total. The summed E-state index contributed by atoms with van der Waals surface area (Å²) < 4.78 is 3.77. The lowest BCUT2D eigenvalue weighted by Crippen LogP contribution is -2.15. The van der Waals surface area contributed by atoms with Crippen molar-refractivity contribution in [2.45, 2.75) is 25.9 Å². The number of nitrogens with one attached hydrogen (secondary N) is 1. The van der Waals surface area contributed by atoms with E-state index in [0.29, 0.717) is 0 Å². The molecule has 1 aromatic carbocycles. The molecule has 7 heteroatoms. The molecule has 130 valence electrons. The number of hydrogen-bond acceptors (Lipinski definition) is 4. The van der Waals surface area contributed by atoms with Crippen molar-refractivity contribution in [3.05, 3.63) is 53.6 Å². The SMILES string of the molecule is Cc1ccccc1-n1ccnc1SCC(=O)Nc1c(C)nn(C)c1C. The minimum Gasteiger partial charge on any atom is -0.322 e. The number of carbonyl (C=O) groups excluding carboxylic acids is 1. The first-order chi connectivity index (χ1) is 12.0. The summed E-state index contributed by atoms with van der Waals surface area (Å²) in [6, 6.07) is 8.11. The molecule has 25 heavy (non-hydrogen) atoms. The van der Waals surface area contributed by atoms with Crippen LogP contribution >= 0.6 is 11.8 Å². The Bertz CT molecular complexity index is 912. The Morgan fingerprint density at radius 1 is 1.24 bits per heavy atom. The highest BCUT2D eigenvalue weighted by Gasteiger charge is 2.14. The van der Waals surface area contributed by atoms with Crippen LogP contribution in [0.4, 0.5) is 5.69 Å². The van der Waals surface area contributed by atoms with Crippen LogP contribution < -0.4 is 5.32 Å². The molecule has 2 aromatic heterocycles. The summed E-state index contributed by atoms with van der Waals surface area (Å²) in [6.45, 7) is 5.89. The number of benzene rings is 1. The van der Waals surface area contributed by atoms with Gasteiger partial charge >= 0.3 is 0 Å². The van der Waals surface area contributed by atoms with E-state index < -0.39 is 0 Å². The molecule has 2 heterocycles. The maximum absolute atomic E-state index is 12.3. The van der Waals surface area contributed by atoms with Crippen molar-refractivity contribution in [2.24, 2.45) is 7.05 Å². The normalized spacial score (nSPS) is 10.9. The maximum Gasteiger partial charge on any atom is 0.234 e. The predicted octanol–water partition coefficient (Wildman–Crippen LogP) is 3.26. The minimum absolute atomic E-state index is 0.0662. The van der Waals surface area contributed by atoms with E-state index in [-0.39, 0.29) is 11.7 Å². The van der Waals surface area contributed by atoms with Crippen LogP contribution in [0.25, 0.3) is 5.69 Å². The van der Waals surface area contributed by atoms with E-state index in [1.807, 2.05) is 49.9 Å². The summed E-state index contributed by atoms with van der Waals surface area (Å²) in [5, 5.41) is 8.06. The van der Waals surface area contributed by atoms with Gasteiger partial charge in [-0.2, -0.15) is 5.10 Å². The number of imidazole rings is 1. The van der Waals surface area contributed by atoms with E-state index in [1.165, 1.54) is 11.8 Å². The Morgan fingerprint density at radius 2 is 2.00 bits per heavy atom. The van der Waals surface area contributed by atoms with E-state index >= 15 is 0 Å². The number of thioether (sulfide) groups is 1. The average molecular weight is 355 g/mol. The molecule has 0 unspecified atom stereocenters. The number of amides is 1. The quantitative estimate of drug-likeness (QED) is 0.714. The molecule has 0 atom stereocenters. The van der Waals surface area contributed by atoms with Crippen molar-refractivity contribution in [2.75, 3.05) is 11.1 Å². The van der Waals surface area contributed by atoms with Crippen LogP contribution in [-0.4, -0.2) is 31.0 Å². The van der Waals surface area contributed by atoms with Gasteiger partial charge < -0.3 is 5.32 Å². The van der Waals surface area contributed by atoms with Crippen LogP contribution in [-0.2, 0) is 11.8 Å². The summed E-state index contributed by atoms with van der Waals surface area (Å²) in [4.78, 5) is 16.7. The Labute approximate surface area is 151 Å². The van der Waals surface area contributed by atoms with E-state index in [4.69, 9.17) is 0 Å². The van der Waals surface area contributed by atoms with Crippen LogP contribution in [0, 0.1) is 20.8 Å². The molecule has 0 saturated carbocycles. The molecule has 1 amide bonds. The van der Waals surface area contributed by atoms with E-state index in [2.05, 4.69) is 28.4 Å². The number of aromatic nitrogens is 4. The smallest absolute Gasteiger partial charge is 0.234 e. The third kappa shape index (κ3) is 3.61. The number of nitrogens with zero attached hydrogens (tertiary/aromatic N) is 4. The standard InChI is InChI=1S/C18H21N5OS/c1-12-7-5-6-8-15(12)23-10-9-19-18(23)25-11-16(24)20-17-13(2)21-22(4)14(17)3/h5-10H,11H2,1-4H3,(H,20,24). The molecule has 3 aromatic rings. The van der Waals surface area contributed by atoms with Gasteiger partial charge in [-0.15, -0.1) is 0 Å². The second-order valence-electron chi connectivity index (χ2n) is 5.87. The zero-order valence-electron chi connectivity index (χ0n) is 14.8. The van der Waals surface area contributed by atoms with E-state index in [1.54, 1.807) is 10.9 Å². The van der Waals surface area contributed by atoms with Gasteiger partial charge in [0.15, 0.2) is 5.16 Å². The fourth-order valence-electron chi connectivity index (χ4n) is 2.67. The molecule has 0 aliphatic carbocycles. The van der Waals surface area contributed by atoms with Crippen molar-refractivity contribution in [1.29, 1.82) is 0 Å². The predicted molar refractivity (Wildman–Crippen MR) is 100 cm³/mol. The van der Waals surface area contributed by atoms with E-state index in [0.717, 1.165) is 33.5 Å². The van der Waals surface area contributed by atoms with Gasteiger partial charge in [0.1, 0.15) is 0 Å². The number of anilines is 1. The molecule has 6 nitrogen and oxygen atoms in total. The van der Waals surface area contributed by atoms with Gasteiger partial charge in [0.05, 0.1) is 28.5 Å². The largest absolute Gasteiger partial charge is 0.322 e. The molecule has 0 spiro atoms. The van der Waals surface area contributed by atoms with Gasteiger partial charge in [0.2, 0.25) is 5.91 Å². The monoisotopic (exact) mass is 355 g/mol. The lowest BCUT2D eigenvalue weighted by atomic mass is 10.2. The molecular formula is C18H21N5OS. The average Bonchev–Trinajstić information content (AvgIpc) is 3.14. The first-order valence-electron chi connectivity index (χ1n) is 7.99. The number of para-hydroxylation sites is 1. The minimum atomic E-state index is -0.0662. The Kier molecular flexibility index (Phi) is 4.94. The van der Waals surface area contributed by atoms with Crippen molar-refractivity contribution in [3.63, 3.8) is 0 Å². The van der Waals surface area contributed by atoms with Crippen molar-refractivity contribution in [1.82, 2.24) is 19.3 Å². The number of aryl methyl sites for hydroxylation is 3. The van der Waals surface area contributed by atoms with Crippen molar-refractivity contribution in [3.8, 4) is 5.69 Å². The Hall–Kier alpha value is -2.54. The highest BCUT2D eigenvalue weighted by Crippen LogP contribution is 2.23. The summed E-state index contributed by atoms with van der Waals surface area (Å²) in [7, 11) is 1.87. The topological polar surface area (TPSA) is 64.7 Å². The van der Waals surface area contributed by atoms with Crippen molar-refractivity contribution < 1.29 is 4.79 Å². The van der Waals surface area contributed by atoms with Crippen LogP contribution in [0.2, 0.25) is 0 Å². The van der Waals surface area contributed by atoms with Crippen LogP contribution in [0.15, 0.2) is 41.8 Å². The number of hydrogen-bond donors (Lipinski definition) is 1. The third-order valence-electron chi connectivity index (χ3n) is 4.09. The molecule has 0 radical (unpaired) electrons. The van der Waals surface area contributed by atoms with Gasteiger partial charge in [-0.1, -0.05) is 30.0 Å². The molecule has 3 rings (SSSR count). The third-order valence-corrected chi connectivity index (χ3v) is 5.05. The van der Waals surface area contributed by atoms with Gasteiger partial charge in [-0.3, -0.25) is 14.0 Å². The Balaban J connectivity index is 1.70. The summed E-state index contributed by atoms with van der Waals surface area (Å²) in [5.74, 6) is 0.222. The van der Waals surface area contributed by atoms with Crippen LogP contribution in [0.3, 0.4) is 0 Å². The van der Waals surface area contributed by atoms with Crippen LogP contribution in [0.1, 0.15) is 17.0 Å². The molecule has 0 bridgehead atoms. The molecule has 0 saturated heterocycles. The molecule has 0 fully saturated rings. The van der Waals surface area contributed by atoms with Crippen LogP contribution in [0.5, 0.6) is 0 Å². The second-order valence-corrected chi connectivity index (χ2v) is 6.82. The summed E-state index contributed by atoms with van der Waals surface area (Å²) in [6.07, 6.45) is 3.67. The fraction of sp³-hybridized carbons (Fsp3) is 0.278. The maximum atomic E-state index is 12.3. The summed E-state index contributed by atoms with van der Waals surface area (Å²) >= 11 is 1.42. The van der Waals surface area contributed by atoms with E-state index in [9.17, 15) is 4.79 Å². The van der Waals surface area contributed by atoms with Crippen molar-refractivity contribution >= 4 is 23.4 Å². The zero-order valence-corrected chi connectivity index (χ0v) is 15.6. The number of rotatable bonds is 5. The molecule has 0 aliphatic heterocycles. The lowest BCUT2D eigenvalue weighted by Gasteiger charge is -2.10. The Morgan fingerprint density at radius 3 is 2.68 bits per heavy atom. The fourth-order valence-corrected chi connectivity index (χ4v) is 3.44.